The molecule has 86 valence electrons. The van der Waals surface area contributed by atoms with Gasteiger partial charge in [-0.1, -0.05) is 13.8 Å². The lowest BCUT2D eigenvalue weighted by molar-refractivity contribution is 0.593. The van der Waals surface area contributed by atoms with Gasteiger partial charge in [0.15, 0.2) is 10.0 Å². The van der Waals surface area contributed by atoms with Crippen LogP contribution in [0, 0.1) is 6.92 Å². The summed E-state index contributed by atoms with van der Waals surface area (Å²) in [4.78, 5) is 10.1. The van der Waals surface area contributed by atoms with Gasteiger partial charge in [-0.2, -0.15) is 0 Å². The molecule has 0 saturated heterocycles. The SMILES string of the molecule is Cc1csc(-c2ncc(CNC(C)C)s2)n1. The van der Waals surface area contributed by atoms with E-state index in [2.05, 4.69) is 34.5 Å². The molecule has 0 spiro atoms. The monoisotopic (exact) mass is 253 g/mol. The molecule has 0 aliphatic heterocycles. The van der Waals surface area contributed by atoms with Crippen LogP contribution in [0.3, 0.4) is 0 Å². The molecule has 0 aliphatic carbocycles. The molecule has 0 saturated carbocycles. The third-order valence-electron chi connectivity index (χ3n) is 2.04. The van der Waals surface area contributed by atoms with Crippen molar-refractivity contribution in [3.63, 3.8) is 0 Å². The summed E-state index contributed by atoms with van der Waals surface area (Å²) >= 11 is 3.37. The quantitative estimate of drug-likeness (QED) is 0.910. The standard InChI is InChI=1S/C11H15N3S2/c1-7(2)12-4-9-5-13-10(16-9)11-14-8(3)6-15-11/h5-7,12H,4H2,1-3H3. The van der Waals surface area contributed by atoms with Gasteiger partial charge in [0, 0.05) is 34.7 Å². The molecule has 3 nitrogen and oxygen atoms in total. The highest BCUT2D eigenvalue weighted by atomic mass is 32.1. The summed E-state index contributed by atoms with van der Waals surface area (Å²) in [6.07, 6.45) is 1.94. The topological polar surface area (TPSA) is 37.8 Å². The molecule has 16 heavy (non-hydrogen) atoms. The zero-order valence-corrected chi connectivity index (χ0v) is 11.3. The maximum Gasteiger partial charge on any atom is 0.152 e. The molecule has 0 bridgehead atoms. The highest BCUT2D eigenvalue weighted by Gasteiger charge is 2.08. The minimum Gasteiger partial charge on any atom is -0.310 e. The summed E-state index contributed by atoms with van der Waals surface area (Å²) < 4.78 is 0. The van der Waals surface area contributed by atoms with Gasteiger partial charge in [0.2, 0.25) is 0 Å². The Bertz CT molecular complexity index is 459. The van der Waals surface area contributed by atoms with Crippen molar-refractivity contribution < 1.29 is 0 Å². The Kier molecular flexibility index (Phi) is 3.68. The van der Waals surface area contributed by atoms with Crippen LogP contribution < -0.4 is 5.32 Å². The van der Waals surface area contributed by atoms with Crippen LogP contribution in [0.25, 0.3) is 10.0 Å². The predicted octanol–water partition coefficient (Wildman–Crippen LogP) is 3.07. The average molecular weight is 253 g/mol. The van der Waals surface area contributed by atoms with E-state index < -0.39 is 0 Å². The molecule has 2 aromatic heterocycles. The summed E-state index contributed by atoms with van der Waals surface area (Å²) in [5.74, 6) is 0. The first kappa shape index (κ1) is 11.7. The molecule has 2 rings (SSSR count). The number of hydrogen-bond donors (Lipinski definition) is 1. The Morgan fingerprint density at radius 1 is 1.38 bits per heavy atom. The molecule has 0 radical (unpaired) electrons. The van der Waals surface area contributed by atoms with E-state index >= 15 is 0 Å². The largest absolute Gasteiger partial charge is 0.310 e. The Morgan fingerprint density at radius 2 is 2.19 bits per heavy atom. The van der Waals surface area contributed by atoms with Gasteiger partial charge < -0.3 is 5.32 Å². The van der Waals surface area contributed by atoms with Crippen LogP contribution in [-0.4, -0.2) is 16.0 Å². The van der Waals surface area contributed by atoms with Crippen molar-refractivity contribution in [2.45, 2.75) is 33.4 Å². The Balaban J connectivity index is 2.07. The maximum atomic E-state index is 4.44. The minimum absolute atomic E-state index is 0.507. The number of aromatic nitrogens is 2. The lowest BCUT2D eigenvalue weighted by Crippen LogP contribution is -2.21. The molecule has 0 fully saturated rings. The van der Waals surface area contributed by atoms with Crippen molar-refractivity contribution in [3.05, 3.63) is 22.1 Å². The molecule has 1 N–H and O–H groups in total. The number of nitrogens with one attached hydrogen (secondary N) is 1. The van der Waals surface area contributed by atoms with E-state index in [4.69, 9.17) is 0 Å². The fraction of sp³-hybridized carbons (Fsp3) is 0.455. The van der Waals surface area contributed by atoms with Crippen LogP contribution in [0.1, 0.15) is 24.4 Å². The first-order valence-electron chi connectivity index (χ1n) is 5.25. The van der Waals surface area contributed by atoms with Crippen LogP contribution in [0.2, 0.25) is 0 Å². The molecular formula is C11H15N3S2. The lowest BCUT2D eigenvalue weighted by atomic mass is 10.4. The van der Waals surface area contributed by atoms with Gasteiger partial charge >= 0.3 is 0 Å². The molecule has 0 atom stereocenters. The number of rotatable bonds is 4. The number of aryl methyl sites for hydroxylation is 1. The third-order valence-corrected chi connectivity index (χ3v) is 4.14. The lowest BCUT2D eigenvalue weighted by Gasteiger charge is -2.04. The number of thiazole rings is 2. The highest BCUT2D eigenvalue weighted by molar-refractivity contribution is 7.20. The van der Waals surface area contributed by atoms with Crippen molar-refractivity contribution in [2.75, 3.05) is 0 Å². The van der Waals surface area contributed by atoms with Crippen molar-refractivity contribution in [1.82, 2.24) is 15.3 Å². The van der Waals surface area contributed by atoms with E-state index in [1.807, 2.05) is 13.1 Å². The van der Waals surface area contributed by atoms with Gasteiger partial charge in [-0.3, -0.25) is 0 Å². The maximum absolute atomic E-state index is 4.44. The third kappa shape index (κ3) is 2.87. The summed E-state index contributed by atoms with van der Waals surface area (Å²) in [6, 6.07) is 0.507. The van der Waals surface area contributed by atoms with E-state index in [0.29, 0.717) is 6.04 Å². The summed E-state index contributed by atoms with van der Waals surface area (Å²) in [6.45, 7) is 7.19. The van der Waals surface area contributed by atoms with Crippen LogP contribution >= 0.6 is 22.7 Å². The second kappa shape index (κ2) is 5.03. The van der Waals surface area contributed by atoms with E-state index in [9.17, 15) is 0 Å². The molecular weight excluding hydrogens is 238 g/mol. The second-order valence-electron chi connectivity index (χ2n) is 3.96. The molecule has 5 heteroatoms. The predicted molar refractivity (Wildman–Crippen MR) is 69.9 cm³/mol. The van der Waals surface area contributed by atoms with E-state index in [1.165, 1.54) is 4.88 Å². The Morgan fingerprint density at radius 3 is 2.81 bits per heavy atom. The fourth-order valence-electron chi connectivity index (χ4n) is 1.25. The smallest absolute Gasteiger partial charge is 0.152 e. The van der Waals surface area contributed by atoms with Gasteiger partial charge in [0.25, 0.3) is 0 Å². The zero-order chi connectivity index (χ0) is 11.5. The summed E-state index contributed by atoms with van der Waals surface area (Å²) in [5.41, 5.74) is 1.07. The molecule has 0 aliphatic rings. The molecule has 2 aromatic rings. The summed E-state index contributed by atoms with van der Waals surface area (Å²) in [5, 5.41) is 7.50. The van der Waals surface area contributed by atoms with Gasteiger partial charge in [-0.05, 0) is 6.92 Å². The molecule has 0 aromatic carbocycles. The van der Waals surface area contributed by atoms with E-state index in [-0.39, 0.29) is 0 Å². The van der Waals surface area contributed by atoms with Crippen molar-refractivity contribution in [1.29, 1.82) is 0 Å². The number of nitrogens with zero attached hydrogens (tertiary/aromatic N) is 2. The first-order chi connectivity index (χ1) is 7.65. The van der Waals surface area contributed by atoms with Crippen LogP contribution in [0.5, 0.6) is 0 Å². The molecule has 2 heterocycles. The van der Waals surface area contributed by atoms with Crippen molar-refractivity contribution >= 4 is 22.7 Å². The van der Waals surface area contributed by atoms with Crippen LogP contribution in [0.4, 0.5) is 0 Å². The van der Waals surface area contributed by atoms with Crippen molar-refractivity contribution in [2.24, 2.45) is 0 Å². The average Bonchev–Trinajstić information content (AvgIpc) is 2.83. The van der Waals surface area contributed by atoms with E-state index in [1.54, 1.807) is 22.7 Å². The van der Waals surface area contributed by atoms with E-state index in [0.717, 1.165) is 22.3 Å². The Labute approximate surface area is 104 Å². The number of hydrogen-bond acceptors (Lipinski definition) is 5. The van der Waals surface area contributed by atoms with Crippen molar-refractivity contribution in [3.8, 4) is 10.0 Å². The van der Waals surface area contributed by atoms with Crippen LogP contribution in [-0.2, 0) is 6.54 Å². The van der Waals surface area contributed by atoms with Gasteiger partial charge in [0.05, 0.1) is 0 Å². The fourth-order valence-corrected chi connectivity index (χ4v) is 2.95. The van der Waals surface area contributed by atoms with Gasteiger partial charge in [-0.25, -0.2) is 9.97 Å². The highest BCUT2D eigenvalue weighted by Crippen LogP contribution is 2.27. The molecule has 0 amide bonds. The summed E-state index contributed by atoms with van der Waals surface area (Å²) in [7, 11) is 0. The van der Waals surface area contributed by atoms with Gasteiger partial charge in [0.1, 0.15) is 0 Å². The molecule has 0 unspecified atom stereocenters. The second-order valence-corrected chi connectivity index (χ2v) is 5.93. The Hall–Kier alpha value is -0.780. The van der Waals surface area contributed by atoms with Gasteiger partial charge in [-0.15, -0.1) is 22.7 Å². The normalized spacial score (nSPS) is 11.2. The van der Waals surface area contributed by atoms with Crippen LogP contribution in [0.15, 0.2) is 11.6 Å². The minimum atomic E-state index is 0.507. The first-order valence-corrected chi connectivity index (χ1v) is 6.95. The zero-order valence-electron chi connectivity index (χ0n) is 9.65.